The Labute approximate surface area is 101 Å². The summed E-state index contributed by atoms with van der Waals surface area (Å²) in [5.41, 5.74) is 5.55. The van der Waals surface area contributed by atoms with Gasteiger partial charge in [0.1, 0.15) is 17.3 Å². The van der Waals surface area contributed by atoms with Crippen LogP contribution in [0.2, 0.25) is 0 Å². The van der Waals surface area contributed by atoms with Crippen LogP contribution in [0.25, 0.3) is 0 Å². The molecule has 0 radical (unpaired) electrons. The van der Waals surface area contributed by atoms with E-state index in [1.807, 2.05) is 20.8 Å². The van der Waals surface area contributed by atoms with Crippen LogP contribution >= 0.6 is 0 Å². The summed E-state index contributed by atoms with van der Waals surface area (Å²) in [4.78, 5) is 1.64. The number of halogens is 2. The molecule has 0 amide bonds. The number of nitrogens with two attached hydrogens (primary N) is 1. The number of anilines is 1. The van der Waals surface area contributed by atoms with Gasteiger partial charge in [-0.05, 0) is 38.0 Å². The molecule has 0 aliphatic heterocycles. The molecule has 2 nitrogen and oxygen atoms in total. The molecule has 1 aromatic carbocycles. The highest BCUT2D eigenvalue weighted by atomic mass is 19.1. The summed E-state index contributed by atoms with van der Waals surface area (Å²) in [5.74, 6) is -1.12. The first-order valence-corrected chi connectivity index (χ1v) is 5.75. The molecule has 96 valence electrons. The van der Waals surface area contributed by atoms with Crippen molar-refractivity contribution < 1.29 is 8.78 Å². The van der Waals surface area contributed by atoms with E-state index in [-0.39, 0.29) is 17.8 Å². The molecule has 0 heterocycles. The summed E-state index contributed by atoms with van der Waals surface area (Å²) < 4.78 is 27.8. The van der Waals surface area contributed by atoms with Crippen molar-refractivity contribution in [3.05, 3.63) is 29.3 Å². The molecule has 4 heteroatoms. The maximum absolute atomic E-state index is 13.9. The van der Waals surface area contributed by atoms with Gasteiger partial charge in [0.15, 0.2) is 0 Å². The van der Waals surface area contributed by atoms with Gasteiger partial charge in [-0.1, -0.05) is 6.92 Å². The zero-order valence-electron chi connectivity index (χ0n) is 10.8. The Kier molecular flexibility index (Phi) is 4.09. The molecule has 0 saturated carbocycles. The first-order chi connectivity index (χ1) is 7.83. The van der Waals surface area contributed by atoms with E-state index in [0.29, 0.717) is 5.56 Å². The fraction of sp³-hybridized carbons (Fsp3) is 0.538. The number of nitrogens with zero attached hydrogens (tertiary/aromatic N) is 1. The molecular formula is C13H20F2N2. The SMILES string of the molecule is CCC(C)(C)N(C)c1c(F)cc(CN)cc1F. The van der Waals surface area contributed by atoms with Gasteiger partial charge >= 0.3 is 0 Å². The third-order valence-electron chi connectivity index (χ3n) is 3.42. The Bertz CT molecular complexity index is 379. The molecular weight excluding hydrogens is 222 g/mol. The van der Waals surface area contributed by atoms with Crippen LogP contribution in [0.15, 0.2) is 12.1 Å². The zero-order valence-corrected chi connectivity index (χ0v) is 10.8. The predicted octanol–water partition coefficient (Wildman–Crippen LogP) is 3.05. The second-order valence-corrected chi connectivity index (χ2v) is 4.84. The lowest BCUT2D eigenvalue weighted by molar-refractivity contribution is 0.451. The van der Waals surface area contributed by atoms with Gasteiger partial charge in [-0.25, -0.2) is 8.78 Å². The predicted molar refractivity (Wildman–Crippen MR) is 67.0 cm³/mol. The molecule has 0 saturated heterocycles. The van der Waals surface area contributed by atoms with E-state index in [4.69, 9.17) is 5.73 Å². The van der Waals surface area contributed by atoms with Gasteiger partial charge < -0.3 is 10.6 Å². The van der Waals surface area contributed by atoms with Crippen LogP contribution < -0.4 is 10.6 Å². The van der Waals surface area contributed by atoms with Gasteiger partial charge in [0.25, 0.3) is 0 Å². The van der Waals surface area contributed by atoms with Crippen molar-refractivity contribution in [3.63, 3.8) is 0 Å². The average molecular weight is 242 g/mol. The average Bonchev–Trinajstić information content (AvgIpc) is 2.27. The molecule has 0 aromatic heterocycles. The summed E-state index contributed by atoms with van der Waals surface area (Å²) >= 11 is 0. The molecule has 1 aromatic rings. The van der Waals surface area contributed by atoms with E-state index in [1.165, 1.54) is 12.1 Å². The van der Waals surface area contributed by atoms with Crippen LogP contribution in [0.3, 0.4) is 0 Å². The van der Waals surface area contributed by atoms with Crippen molar-refractivity contribution in [2.75, 3.05) is 11.9 Å². The largest absolute Gasteiger partial charge is 0.365 e. The van der Waals surface area contributed by atoms with Crippen LogP contribution in [-0.2, 0) is 6.54 Å². The van der Waals surface area contributed by atoms with Crippen LogP contribution in [-0.4, -0.2) is 12.6 Å². The number of hydrogen-bond donors (Lipinski definition) is 1. The fourth-order valence-corrected chi connectivity index (χ4v) is 1.60. The zero-order chi connectivity index (χ0) is 13.2. The Morgan fingerprint density at radius 2 is 1.71 bits per heavy atom. The molecule has 0 aliphatic rings. The molecule has 0 spiro atoms. The van der Waals surface area contributed by atoms with Gasteiger partial charge in [-0.15, -0.1) is 0 Å². The lowest BCUT2D eigenvalue weighted by atomic mass is 9.98. The van der Waals surface area contributed by atoms with Crippen molar-refractivity contribution in [1.29, 1.82) is 0 Å². The monoisotopic (exact) mass is 242 g/mol. The van der Waals surface area contributed by atoms with Gasteiger partial charge in [0.05, 0.1) is 0 Å². The molecule has 2 N–H and O–H groups in total. The first kappa shape index (κ1) is 13.9. The van der Waals surface area contributed by atoms with Crippen molar-refractivity contribution in [1.82, 2.24) is 0 Å². The Hall–Kier alpha value is -1.16. The second-order valence-electron chi connectivity index (χ2n) is 4.84. The van der Waals surface area contributed by atoms with Crippen molar-refractivity contribution >= 4 is 5.69 Å². The highest BCUT2D eigenvalue weighted by molar-refractivity contribution is 5.52. The summed E-state index contributed by atoms with van der Waals surface area (Å²) in [6, 6.07) is 2.58. The standard InChI is InChI=1S/C13H20F2N2/c1-5-13(2,3)17(4)12-10(14)6-9(8-16)7-11(12)15/h6-7H,5,8,16H2,1-4H3. The van der Waals surface area contributed by atoms with Crippen molar-refractivity contribution in [2.24, 2.45) is 5.73 Å². The molecule has 17 heavy (non-hydrogen) atoms. The summed E-state index contributed by atoms with van der Waals surface area (Å²) in [6.07, 6.45) is 0.793. The van der Waals surface area contributed by atoms with Gasteiger partial charge in [-0.3, -0.25) is 0 Å². The van der Waals surface area contributed by atoms with Crippen LogP contribution in [0.4, 0.5) is 14.5 Å². The summed E-state index contributed by atoms with van der Waals surface area (Å²) in [7, 11) is 1.70. The highest BCUT2D eigenvalue weighted by Gasteiger charge is 2.26. The second kappa shape index (κ2) is 5.00. The minimum Gasteiger partial charge on any atom is -0.365 e. The minimum absolute atomic E-state index is 0.00838. The van der Waals surface area contributed by atoms with Crippen molar-refractivity contribution in [2.45, 2.75) is 39.3 Å². The van der Waals surface area contributed by atoms with E-state index >= 15 is 0 Å². The topological polar surface area (TPSA) is 29.3 Å². The third-order valence-corrected chi connectivity index (χ3v) is 3.42. The van der Waals surface area contributed by atoms with Crippen LogP contribution in [0.5, 0.6) is 0 Å². The number of rotatable bonds is 4. The fourth-order valence-electron chi connectivity index (χ4n) is 1.60. The van der Waals surface area contributed by atoms with Crippen LogP contribution in [0, 0.1) is 11.6 Å². The van der Waals surface area contributed by atoms with Gasteiger partial charge in [-0.2, -0.15) is 0 Å². The van der Waals surface area contributed by atoms with Crippen molar-refractivity contribution in [3.8, 4) is 0 Å². The molecule has 0 fully saturated rings. The minimum atomic E-state index is -0.561. The molecule has 0 aliphatic carbocycles. The van der Waals surface area contributed by atoms with Gasteiger partial charge in [0.2, 0.25) is 0 Å². The van der Waals surface area contributed by atoms with Gasteiger partial charge in [0, 0.05) is 19.1 Å². The van der Waals surface area contributed by atoms with E-state index in [9.17, 15) is 8.78 Å². The smallest absolute Gasteiger partial charge is 0.149 e. The molecule has 0 unspecified atom stereocenters. The van der Waals surface area contributed by atoms with E-state index < -0.39 is 11.6 Å². The summed E-state index contributed by atoms with van der Waals surface area (Å²) in [5, 5.41) is 0. The summed E-state index contributed by atoms with van der Waals surface area (Å²) in [6.45, 7) is 6.01. The lowest BCUT2D eigenvalue weighted by Crippen LogP contribution is -2.41. The quantitative estimate of drug-likeness (QED) is 0.879. The maximum atomic E-state index is 13.9. The normalized spacial score (nSPS) is 11.7. The molecule has 0 atom stereocenters. The van der Waals surface area contributed by atoms with Crippen LogP contribution in [0.1, 0.15) is 32.8 Å². The van der Waals surface area contributed by atoms with E-state index in [0.717, 1.165) is 6.42 Å². The molecule has 1 rings (SSSR count). The first-order valence-electron chi connectivity index (χ1n) is 5.75. The number of benzene rings is 1. The Balaban J connectivity index is 3.23. The number of hydrogen-bond acceptors (Lipinski definition) is 2. The third kappa shape index (κ3) is 2.75. The highest BCUT2D eigenvalue weighted by Crippen LogP contribution is 2.30. The lowest BCUT2D eigenvalue weighted by Gasteiger charge is -2.37. The van der Waals surface area contributed by atoms with E-state index in [2.05, 4.69) is 0 Å². The maximum Gasteiger partial charge on any atom is 0.149 e. The Morgan fingerprint density at radius 1 is 1.24 bits per heavy atom. The van der Waals surface area contributed by atoms with E-state index in [1.54, 1.807) is 11.9 Å². The Morgan fingerprint density at radius 3 is 2.06 bits per heavy atom. The molecule has 0 bridgehead atoms.